The van der Waals surface area contributed by atoms with E-state index in [1.807, 2.05) is 6.92 Å². The molecule has 0 spiro atoms. The zero-order valence-corrected chi connectivity index (χ0v) is 11.2. The van der Waals surface area contributed by atoms with Crippen LogP contribution in [0.3, 0.4) is 0 Å². The van der Waals surface area contributed by atoms with Crippen LogP contribution in [0, 0.1) is 0 Å². The van der Waals surface area contributed by atoms with Gasteiger partial charge in [0.15, 0.2) is 0 Å². The largest absolute Gasteiger partial charge is 0.383 e. The Morgan fingerprint density at radius 3 is 2.76 bits per heavy atom. The lowest BCUT2D eigenvalue weighted by Crippen LogP contribution is -2.45. The Hall–Kier alpha value is -0.650. The molecule has 0 aromatic carbocycles. The highest BCUT2D eigenvalue weighted by Crippen LogP contribution is 2.24. The standard InChI is InChI=1S/C12H25N3O2/c1-10(12(16)14-7-9-17-3)13-6-8-15(2)11-4-5-11/h10-11,13H,4-9H2,1-3H3,(H,14,16). The van der Waals surface area contributed by atoms with Crippen molar-refractivity contribution in [2.24, 2.45) is 0 Å². The highest BCUT2D eigenvalue weighted by molar-refractivity contribution is 5.81. The van der Waals surface area contributed by atoms with Gasteiger partial charge < -0.3 is 20.3 Å². The molecule has 0 heterocycles. The first kappa shape index (κ1) is 14.4. The minimum Gasteiger partial charge on any atom is -0.383 e. The predicted octanol–water partition coefficient (Wildman–Crippen LogP) is -0.179. The normalized spacial score (nSPS) is 17.2. The van der Waals surface area contributed by atoms with Crippen LogP contribution >= 0.6 is 0 Å². The van der Waals surface area contributed by atoms with Gasteiger partial charge in [-0.1, -0.05) is 0 Å². The van der Waals surface area contributed by atoms with Crippen LogP contribution in [-0.4, -0.2) is 63.3 Å². The Kier molecular flexibility index (Phi) is 6.47. The fourth-order valence-corrected chi connectivity index (χ4v) is 1.68. The maximum atomic E-state index is 11.6. The molecule has 0 aromatic heterocycles. The van der Waals surface area contributed by atoms with Crippen LogP contribution in [0.4, 0.5) is 0 Å². The molecule has 0 radical (unpaired) electrons. The van der Waals surface area contributed by atoms with E-state index in [1.54, 1.807) is 7.11 Å². The van der Waals surface area contributed by atoms with E-state index in [4.69, 9.17) is 4.74 Å². The summed E-state index contributed by atoms with van der Waals surface area (Å²) in [6.07, 6.45) is 2.65. The molecule has 1 rings (SSSR count). The highest BCUT2D eigenvalue weighted by Gasteiger charge is 2.25. The zero-order chi connectivity index (χ0) is 12.7. The van der Waals surface area contributed by atoms with E-state index in [0.717, 1.165) is 19.1 Å². The van der Waals surface area contributed by atoms with Crippen molar-refractivity contribution < 1.29 is 9.53 Å². The number of amides is 1. The average molecular weight is 243 g/mol. The molecule has 0 bridgehead atoms. The Balaban J connectivity index is 2.02. The van der Waals surface area contributed by atoms with Gasteiger partial charge in [-0.15, -0.1) is 0 Å². The van der Waals surface area contributed by atoms with Crippen LogP contribution in [0.2, 0.25) is 0 Å². The smallest absolute Gasteiger partial charge is 0.236 e. The van der Waals surface area contributed by atoms with Gasteiger partial charge in [-0.05, 0) is 26.8 Å². The number of rotatable bonds is 9. The van der Waals surface area contributed by atoms with Crippen molar-refractivity contribution in [2.75, 3.05) is 40.4 Å². The monoisotopic (exact) mass is 243 g/mol. The molecular formula is C12H25N3O2. The second kappa shape index (κ2) is 7.63. The third kappa shape index (κ3) is 6.00. The van der Waals surface area contributed by atoms with Gasteiger partial charge in [0.25, 0.3) is 0 Å². The van der Waals surface area contributed by atoms with Crippen molar-refractivity contribution in [1.82, 2.24) is 15.5 Å². The number of hydrogen-bond acceptors (Lipinski definition) is 4. The molecule has 5 heteroatoms. The molecule has 2 N–H and O–H groups in total. The average Bonchev–Trinajstić information content (AvgIpc) is 3.12. The number of carbonyl (C=O) groups is 1. The number of ether oxygens (including phenoxy) is 1. The molecule has 1 unspecified atom stereocenters. The number of hydrogen-bond donors (Lipinski definition) is 2. The Bertz CT molecular complexity index is 232. The van der Waals surface area contributed by atoms with Crippen molar-refractivity contribution in [2.45, 2.75) is 31.8 Å². The van der Waals surface area contributed by atoms with Gasteiger partial charge in [-0.3, -0.25) is 4.79 Å². The van der Waals surface area contributed by atoms with Crippen molar-refractivity contribution >= 4 is 5.91 Å². The van der Waals surface area contributed by atoms with Gasteiger partial charge in [0.05, 0.1) is 12.6 Å². The van der Waals surface area contributed by atoms with E-state index in [9.17, 15) is 4.79 Å². The quantitative estimate of drug-likeness (QED) is 0.552. The number of carbonyl (C=O) groups excluding carboxylic acids is 1. The minimum absolute atomic E-state index is 0.0381. The lowest BCUT2D eigenvalue weighted by Gasteiger charge is -2.18. The summed E-state index contributed by atoms with van der Waals surface area (Å²) in [6.45, 7) is 4.87. The van der Waals surface area contributed by atoms with Crippen LogP contribution in [0.15, 0.2) is 0 Å². The number of nitrogens with one attached hydrogen (secondary N) is 2. The molecule has 100 valence electrons. The maximum Gasteiger partial charge on any atom is 0.236 e. The first-order chi connectivity index (χ1) is 8.15. The number of nitrogens with zero attached hydrogens (tertiary/aromatic N) is 1. The molecule has 0 aromatic rings. The van der Waals surface area contributed by atoms with Gasteiger partial charge in [0.2, 0.25) is 5.91 Å². The van der Waals surface area contributed by atoms with Gasteiger partial charge >= 0.3 is 0 Å². The van der Waals surface area contributed by atoms with E-state index in [2.05, 4.69) is 22.6 Å². The lowest BCUT2D eigenvalue weighted by molar-refractivity contribution is -0.122. The summed E-state index contributed by atoms with van der Waals surface area (Å²) in [5.41, 5.74) is 0. The Morgan fingerprint density at radius 2 is 2.18 bits per heavy atom. The van der Waals surface area contributed by atoms with Gasteiger partial charge in [0.1, 0.15) is 0 Å². The fraction of sp³-hybridized carbons (Fsp3) is 0.917. The summed E-state index contributed by atoms with van der Waals surface area (Å²) in [5.74, 6) is 0.0381. The number of likely N-dealkylation sites (N-methyl/N-ethyl adjacent to an activating group) is 1. The van der Waals surface area contributed by atoms with E-state index >= 15 is 0 Å². The highest BCUT2D eigenvalue weighted by atomic mass is 16.5. The fourth-order valence-electron chi connectivity index (χ4n) is 1.68. The van der Waals surface area contributed by atoms with E-state index in [-0.39, 0.29) is 11.9 Å². The second-order valence-electron chi connectivity index (χ2n) is 4.67. The first-order valence-electron chi connectivity index (χ1n) is 6.35. The van der Waals surface area contributed by atoms with Gasteiger partial charge in [0, 0.05) is 32.8 Å². The Labute approximate surface area is 104 Å². The van der Waals surface area contributed by atoms with E-state index < -0.39 is 0 Å². The molecule has 5 nitrogen and oxygen atoms in total. The molecule has 1 saturated carbocycles. The summed E-state index contributed by atoms with van der Waals surface area (Å²) in [6, 6.07) is 0.641. The SMILES string of the molecule is COCCNC(=O)C(C)NCCN(C)C1CC1. The van der Waals surface area contributed by atoms with E-state index in [1.165, 1.54) is 12.8 Å². The van der Waals surface area contributed by atoms with Crippen LogP contribution in [0.1, 0.15) is 19.8 Å². The first-order valence-corrected chi connectivity index (χ1v) is 6.35. The summed E-state index contributed by atoms with van der Waals surface area (Å²) in [7, 11) is 3.77. The van der Waals surface area contributed by atoms with E-state index in [0.29, 0.717) is 13.2 Å². The predicted molar refractivity (Wildman–Crippen MR) is 68.0 cm³/mol. The molecule has 1 fully saturated rings. The molecule has 1 atom stereocenters. The third-order valence-electron chi connectivity index (χ3n) is 3.08. The van der Waals surface area contributed by atoms with Gasteiger partial charge in [-0.25, -0.2) is 0 Å². The molecular weight excluding hydrogens is 218 g/mol. The summed E-state index contributed by atoms with van der Waals surface area (Å²) in [5, 5.41) is 6.04. The minimum atomic E-state index is -0.139. The lowest BCUT2D eigenvalue weighted by atomic mass is 10.3. The zero-order valence-electron chi connectivity index (χ0n) is 11.2. The Morgan fingerprint density at radius 1 is 1.47 bits per heavy atom. The number of methoxy groups -OCH3 is 1. The topological polar surface area (TPSA) is 53.6 Å². The molecule has 0 aliphatic heterocycles. The molecule has 1 aliphatic carbocycles. The second-order valence-corrected chi connectivity index (χ2v) is 4.67. The molecule has 1 amide bonds. The summed E-state index contributed by atoms with van der Waals surface area (Å²) >= 11 is 0. The summed E-state index contributed by atoms with van der Waals surface area (Å²) < 4.78 is 4.88. The third-order valence-corrected chi connectivity index (χ3v) is 3.08. The van der Waals surface area contributed by atoms with Crippen LogP contribution < -0.4 is 10.6 Å². The van der Waals surface area contributed by atoms with Crippen molar-refractivity contribution in [3.05, 3.63) is 0 Å². The molecule has 0 saturated heterocycles. The van der Waals surface area contributed by atoms with Crippen molar-refractivity contribution in [3.8, 4) is 0 Å². The van der Waals surface area contributed by atoms with Crippen molar-refractivity contribution in [3.63, 3.8) is 0 Å². The van der Waals surface area contributed by atoms with Crippen molar-refractivity contribution in [1.29, 1.82) is 0 Å². The van der Waals surface area contributed by atoms with Gasteiger partial charge in [-0.2, -0.15) is 0 Å². The van der Waals surface area contributed by atoms with Crippen LogP contribution in [0.5, 0.6) is 0 Å². The summed E-state index contributed by atoms with van der Waals surface area (Å²) in [4.78, 5) is 13.9. The molecule has 17 heavy (non-hydrogen) atoms. The maximum absolute atomic E-state index is 11.6. The molecule has 1 aliphatic rings. The van der Waals surface area contributed by atoms with Crippen LogP contribution in [0.25, 0.3) is 0 Å². The van der Waals surface area contributed by atoms with Crippen LogP contribution in [-0.2, 0) is 9.53 Å².